The monoisotopic (exact) mass is 239 g/mol. The molecule has 0 saturated heterocycles. The molecule has 0 aliphatic carbocycles. The number of anilines is 1. The lowest BCUT2D eigenvalue weighted by Crippen LogP contribution is -2.12. The second-order valence-electron chi connectivity index (χ2n) is 2.98. The maximum absolute atomic E-state index is 10.9. The van der Waals surface area contributed by atoms with Crippen LogP contribution in [0.15, 0.2) is 30.3 Å². The summed E-state index contributed by atoms with van der Waals surface area (Å²) in [6.45, 7) is 0. The molecule has 0 aliphatic rings. The van der Waals surface area contributed by atoms with E-state index < -0.39 is 5.97 Å². The quantitative estimate of drug-likeness (QED) is 0.624. The normalized spacial score (nSPS) is 10.3. The highest BCUT2D eigenvalue weighted by molar-refractivity contribution is 6.29. The van der Waals surface area contributed by atoms with Gasteiger partial charge in [-0.15, -0.1) is 11.6 Å². The predicted octanol–water partition coefficient (Wildman–Crippen LogP) is 1.96. The van der Waals surface area contributed by atoms with Gasteiger partial charge in [-0.2, -0.15) is 0 Å². The Morgan fingerprint density at radius 3 is 2.44 bits per heavy atom. The molecule has 0 heterocycles. The van der Waals surface area contributed by atoms with Crippen molar-refractivity contribution < 1.29 is 14.7 Å². The summed E-state index contributed by atoms with van der Waals surface area (Å²) >= 11 is 5.33. The van der Waals surface area contributed by atoms with Crippen LogP contribution in [0.25, 0.3) is 6.08 Å². The van der Waals surface area contributed by atoms with Crippen molar-refractivity contribution in [3.63, 3.8) is 0 Å². The molecular formula is C11H10ClNO3. The lowest BCUT2D eigenvalue weighted by molar-refractivity contribution is -0.131. The molecule has 5 heteroatoms. The highest BCUT2D eigenvalue weighted by atomic mass is 35.5. The molecule has 0 unspecified atom stereocenters. The second-order valence-corrected chi connectivity index (χ2v) is 3.24. The van der Waals surface area contributed by atoms with Crippen LogP contribution in [0.5, 0.6) is 0 Å². The number of alkyl halides is 1. The van der Waals surface area contributed by atoms with Gasteiger partial charge in [-0.05, 0) is 23.8 Å². The Kier molecular flexibility index (Phi) is 4.54. The van der Waals surface area contributed by atoms with Crippen molar-refractivity contribution in [3.8, 4) is 0 Å². The molecule has 0 aromatic heterocycles. The van der Waals surface area contributed by atoms with Crippen LogP contribution in [0.1, 0.15) is 5.56 Å². The molecular weight excluding hydrogens is 230 g/mol. The molecule has 1 aromatic carbocycles. The number of carboxylic acids is 1. The van der Waals surface area contributed by atoms with Crippen molar-refractivity contribution in [1.29, 1.82) is 0 Å². The van der Waals surface area contributed by atoms with Gasteiger partial charge < -0.3 is 10.4 Å². The van der Waals surface area contributed by atoms with Gasteiger partial charge in [0.1, 0.15) is 5.88 Å². The standard InChI is InChI=1S/C11H10ClNO3/c12-7-10(14)13-9-4-1-8(2-5-9)3-6-11(15)16/h1-6H,7H2,(H,13,14)(H,15,16)/b6-3+. The summed E-state index contributed by atoms with van der Waals surface area (Å²) < 4.78 is 0. The van der Waals surface area contributed by atoms with Gasteiger partial charge in [-0.25, -0.2) is 4.79 Å². The molecule has 1 aromatic rings. The van der Waals surface area contributed by atoms with Gasteiger partial charge in [0.25, 0.3) is 0 Å². The van der Waals surface area contributed by atoms with Gasteiger partial charge in [-0.3, -0.25) is 4.79 Å². The fraction of sp³-hybridized carbons (Fsp3) is 0.0909. The molecule has 0 aliphatic heterocycles. The van der Waals surface area contributed by atoms with Gasteiger partial charge in [0.05, 0.1) is 0 Å². The number of hydrogen-bond acceptors (Lipinski definition) is 2. The van der Waals surface area contributed by atoms with Crippen LogP contribution < -0.4 is 5.32 Å². The number of halogens is 1. The summed E-state index contributed by atoms with van der Waals surface area (Å²) in [5.41, 5.74) is 1.37. The lowest BCUT2D eigenvalue weighted by Gasteiger charge is -2.02. The molecule has 1 rings (SSSR count). The van der Waals surface area contributed by atoms with Crippen molar-refractivity contribution in [2.75, 3.05) is 11.2 Å². The molecule has 0 atom stereocenters. The first kappa shape index (κ1) is 12.3. The van der Waals surface area contributed by atoms with Crippen molar-refractivity contribution in [3.05, 3.63) is 35.9 Å². The van der Waals surface area contributed by atoms with Crippen molar-refractivity contribution >= 4 is 35.2 Å². The van der Waals surface area contributed by atoms with E-state index in [0.717, 1.165) is 11.6 Å². The van der Waals surface area contributed by atoms with E-state index in [1.807, 2.05) is 0 Å². The molecule has 4 nitrogen and oxygen atoms in total. The molecule has 0 saturated carbocycles. The van der Waals surface area contributed by atoms with Gasteiger partial charge in [0.15, 0.2) is 0 Å². The van der Waals surface area contributed by atoms with Crippen LogP contribution in [-0.4, -0.2) is 22.9 Å². The Hall–Kier alpha value is -1.81. The maximum Gasteiger partial charge on any atom is 0.328 e. The minimum atomic E-state index is -1.00. The van der Waals surface area contributed by atoms with Crippen LogP contribution in [0.4, 0.5) is 5.69 Å². The van der Waals surface area contributed by atoms with E-state index in [9.17, 15) is 9.59 Å². The van der Waals surface area contributed by atoms with Crippen molar-refractivity contribution in [1.82, 2.24) is 0 Å². The number of carbonyl (C=O) groups excluding carboxylic acids is 1. The number of hydrogen-bond donors (Lipinski definition) is 2. The van der Waals surface area contributed by atoms with Crippen LogP contribution >= 0.6 is 11.6 Å². The number of carboxylic acid groups (broad SMARTS) is 1. The zero-order chi connectivity index (χ0) is 12.0. The summed E-state index contributed by atoms with van der Waals surface area (Å²) in [5, 5.41) is 11.0. The second kappa shape index (κ2) is 5.92. The largest absolute Gasteiger partial charge is 0.478 e. The topological polar surface area (TPSA) is 66.4 Å². The molecule has 0 spiro atoms. The van der Waals surface area contributed by atoms with E-state index in [2.05, 4.69) is 5.32 Å². The average molecular weight is 240 g/mol. The van der Waals surface area contributed by atoms with Gasteiger partial charge in [-0.1, -0.05) is 12.1 Å². The van der Waals surface area contributed by atoms with E-state index in [0.29, 0.717) is 5.69 Å². The minimum Gasteiger partial charge on any atom is -0.478 e. The van der Waals surface area contributed by atoms with E-state index in [-0.39, 0.29) is 11.8 Å². The number of aliphatic carboxylic acids is 1. The number of rotatable bonds is 4. The molecule has 16 heavy (non-hydrogen) atoms. The summed E-state index contributed by atoms with van der Waals surface area (Å²) in [4.78, 5) is 21.2. The van der Waals surface area contributed by atoms with Gasteiger partial charge in [0.2, 0.25) is 5.91 Å². The van der Waals surface area contributed by atoms with Gasteiger partial charge in [0, 0.05) is 11.8 Å². The van der Waals surface area contributed by atoms with Crippen LogP contribution in [0, 0.1) is 0 Å². The highest BCUT2D eigenvalue weighted by Gasteiger charge is 1.98. The van der Waals surface area contributed by atoms with Crippen LogP contribution in [0.2, 0.25) is 0 Å². The predicted molar refractivity (Wildman–Crippen MR) is 62.5 cm³/mol. The fourth-order valence-corrected chi connectivity index (χ4v) is 1.11. The van der Waals surface area contributed by atoms with Crippen LogP contribution in [-0.2, 0) is 9.59 Å². The third-order valence-electron chi connectivity index (χ3n) is 1.73. The number of carbonyl (C=O) groups is 2. The molecule has 2 N–H and O–H groups in total. The Labute approximate surface area is 97.5 Å². The summed E-state index contributed by atoms with van der Waals surface area (Å²) in [6.07, 6.45) is 2.52. The third kappa shape index (κ3) is 4.14. The molecule has 1 amide bonds. The number of benzene rings is 1. The van der Waals surface area contributed by atoms with Crippen molar-refractivity contribution in [2.24, 2.45) is 0 Å². The lowest BCUT2D eigenvalue weighted by atomic mass is 10.2. The van der Waals surface area contributed by atoms with E-state index in [1.54, 1.807) is 24.3 Å². The Balaban J connectivity index is 2.68. The molecule has 84 valence electrons. The fourth-order valence-electron chi connectivity index (χ4n) is 1.04. The smallest absolute Gasteiger partial charge is 0.328 e. The highest BCUT2D eigenvalue weighted by Crippen LogP contribution is 2.10. The molecule has 0 fully saturated rings. The first-order chi connectivity index (χ1) is 7.61. The number of amides is 1. The Morgan fingerprint density at radius 1 is 1.31 bits per heavy atom. The summed E-state index contributed by atoms with van der Waals surface area (Å²) in [6, 6.07) is 6.74. The summed E-state index contributed by atoms with van der Waals surface area (Å²) in [5.74, 6) is -1.38. The zero-order valence-electron chi connectivity index (χ0n) is 8.31. The van der Waals surface area contributed by atoms with E-state index in [1.165, 1.54) is 6.08 Å². The molecule has 0 bridgehead atoms. The van der Waals surface area contributed by atoms with Crippen LogP contribution in [0.3, 0.4) is 0 Å². The first-order valence-corrected chi connectivity index (χ1v) is 5.02. The third-order valence-corrected chi connectivity index (χ3v) is 1.98. The maximum atomic E-state index is 10.9. The van der Waals surface area contributed by atoms with E-state index in [4.69, 9.17) is 16.7 Å². The zero-order valence-corrected chi connectivity index (χ0v) is 9.07. The average Bonchev–Trinajstić information content (AvgIpc) is 2.28. The number of nitrogens with one attached hydrogen (secondary N) is 1. The van der Waals surface area contributed by atoms with Gasteiger partial charge >= 0.3 is 5.97 Å². The first-order valence-electron chi connectivity index (χ1n) is 4.48. The minimum absolute atomic E-state index is 0.0966. The van der Waals surface area contributed by atoms with E-state index >= 15 is 0 Å². The SMILES string of the molecule is O=C(O)/C=C/c1ccc(NC(=O)CCl)cc1. The Bertz CT molecular complexity index is 412. The Morgan fingerprint density at radius 2 is 1.94 bits per heavy atom. The van der Waals surface area contributed by atoms with Crippen molar-refractivity contribution in [2.45, 2.75) is 0 Å². The summed E-state index contributed by atoms with van der Waals surface area (Å²) in [7, 11) is 0. The molecule has 0 radical (unpaired) electrons.